The van der Waals surface area contributed by atoms with Gasteiger partial charge in [0.15, 0.2) is 11.0 Å². The lowest BCUT2D eigenvalue weighted by molar-refractivity contribution is -0.384. The predicted octanol–water partition coefficient (Wildman–Crippen LogP) is 6.56. The van der Waals surface area contributed by atoms with Crippen LogP contribution in [-0.4, -0.2) is 25.6 Å². The highest BCUT2D eigenvalue weighted by Crippen LogP contribution is 2.30. The van der Waals surface area contributed by atoms with Crippen LogP contribution >= 0.6 is 11.8 Å². The summed E-state index contributed by atoms with van der Waals surface area (Å²) in [5, 5.41) is 24.1. The molecule has 1 aromatic heterocycles. The van der Waals surface area contributed by atoms with E-state index in [1.165, 1.54) is 36.0 Å². The summed E-state index contributed by atoms with van der Waals surface area (Å²) in [6.45, 7) is 2.04. The Morgan fingerprint density at radius 1 is 0.929 bits per heavy atom. The van der Waals surface area contributed by atoms with Crippen molar-refractivity contribution >= 4 is 23.4 Å². The number of aromatic nitrogens is 3. The molecule has 10 heteroatoms. The first-order valence-corrected chi connectivity index (χ1v) is 14.3. The fraction of sp³-hybridized carbons (Fsp3) is 0.156. The SMILES string of the molecule is Cc1cccc(CSc2nnc(C(Cc3ccccc3)NC(=O)Cc3ccc(F)cc3)n2-c2ccc([N+](=O)[O-])cc2)c1. The van der Waals surface area contributed by atoms with Crippen LogP contribution in [0.4, 0.5) is 10.1 Å². The molecule has 5 rings (SSSR count). The Kier molecular flexibility index (Phi) is 9.03. The van der Waals surface area contributed by atoms with Gasteiger partial charge in [-0.15, -0.1) is 10.2 Å². The third-order valence-electron chi connectivity index (χ3n) is 6.64. The lowest BCUT2D eigenvalue weighted by Crippen LogP contribution is -2.33. The molecule has 5 aromatic rings. The van der Waals surface area contributed by atoms with Gasteiger partial charge in [-0.25, -0.2) is 4.39 Å². The van der Waals surface area contributed by atoms with Crippen molar-refractivity contribution in [3.8, 4) is 5.69 Å². The lowest BCUT2D eigenvalue weighted by atomic mass is 10.0. The fourth-order valence-corrected chi connectivity index (χ4v) is 5.51. The minimum Gasteiger partial charge on any atom is -0.345 e. The Labute approximate surface area is 246 Å². The number of halogens is 1. The van der Waals surface area contributed by atoms with Crippen molar-refractivity contribution in [3.63, 3.8) is 0 Å². The fourth-order valence-electron chi connectivity index (χ4n) is 4.61. The summed E-state index contributed by atoms with van der Waals surface area (Å²) in [4.78, 5) is 24.1. The van der Waals surface area contributed by atoms with E-state index in [4.69, 9.17) is 0 Å². The summed E-state index contributed by atoms with van der Waals surface area (Å²) >= 11 is 1.49. The number of benzene rings is 4. The van der Waals surface area contributed by atoms with Crippen LogP contribution in [0.5, 0.6) is 0 Å². The maximum Gasteiger partial charge on any atom is 0.269 e. The highest BCUT2D eigenvalue weighted by atomic mass is 32.2. The van der Waals surface area contributed by atoms with Gasteiger partial charge in [0.2, 0.25) is 5.91 Å². The first kappa shape index (κ1) is 28.7. The van der Waals surface area contributed by atoms with Gasteiger partial charge in [0.05, 0.1) is 17.4 Å². The number of nitrogens with zero attached hydrogens (tertiary/aromatic N) is 4. The first-order valence-electron chi connectivity index (χ1n) is 13.3. The smallest absolute Gasteiger partial charge is 0.269 e. The Hall–Kier alpha value is -4.83. The van der Waals surface area contributed by atoms with E-state index >= 15 is 0 Å². The van der Waals surface area contributed by atoms with Gasteiger partial charge < -0.3 is 5.32 Å². The molecular formula is C32H28FN5O3S. The van der Waals surface area contributed by atoms with Gasteiger partial charge in [0.1, 0.15) is 5.82 Å². The summed E-state index contributed by atoms with van der Waals surface area (Å²) in [7, 11) is 0. The Morgan fingerprint density at radius 2 is 1.64 bits per heavy atom. The number of carbonyl (C=O) groups excluding carboxylic acids is 1. The second-order valence-corrected chi connectivity index (χ2v) is 10.8. The molecule has 0 aliphatic rings. The molecule has 0 spiro atoms. The van der Waals surface area contributed by atoms with Gasteiger partial charge in [0.25, 0.3) is 5.69 Å². The number of non-ortho nitro benzene ring substituents is 1. The Morgan fingerprint density at radius 3 is 2.33 bits per heavy atom. The van der Waals surface area contributed by atoms with Crippen molar-refractivity contribution < 1.29 is 14.1 Å². The van der Waals surface area contributed by atoms with Crippen LogP contribution in [0.3, 0.4) is 0 Å². The van der Waals surface area contributed by atoms with Crippen LogP contribution < -0.4 is 5.32 Å². The van der Waals surface area contributed by atoms with E-state index in [9.17, 15) is 19.3 Å². The molecule has 1 heterocycles. The maximum absolute atomic E-state index is 13.4. The zero-order valence-electron chi connectivity index (χ0n) is 22.8. The molecule has 0 aliphatic heterocycles. The molecule has 0 saturated heterocycles. The van der Waals surface area contributed by atoms with Crippen LogP contribution in [0.25, 0.3) is 5.69 Å². The second-order valence-electron chi connectivity index (χ2n) is 9.84. The van der Waals surface area contributed by atoms with E-state index in [0.717, 1.165) is 16.7 Å². The molecule has 1 amide bonds. The van der Waals surface area contributed by atoms with Crippen LogP contribution in [0.1, 0.15) is 34.1 Å². The number of hydrogen-bond donors (Lipinski definition) is 1. The second kappa shape index (κ2) is 13.2. The van der Waals surface area contributed by atoms with E-state index in [1.54, 1.807) is 24.3 Å². The number of carbonyl (C=O) groups is 1. The third kappa shape index (κ3) is 7.27. The van der Waals surface area contributed by atoms with Crippen molar-refractivity contribution in [2.45, 2.75) is 36.7 Å². The quantitative estimate of drug-likeness (QED) is 0.108. The monoisotopic (exact) mass is 581 g/mol. The van der Waals surface area contributed by atoms with Gasteiger partial charge >= 0.3 is 0 Å². The lowest BCUT2D eigenvalue weighted by Gasteiger charge is -2.20. The molecule has 212 valence electrons. The number of nitro benzene ring substituents is 1. The van der Waals surface area contributed by atoms with E-state index in [0.29, 0.717) is 34.4 Å². The molecule has 0 bridgehead atoms. The third-order valence-corrected chi connectivity index (χ3v) is 7.64. The van der Waals surface area contributed by atoms with Crippen LogP contribution in [0.15, 0.2) is 108 Å². The van der Waals surface area contributed by atoms with Gasteiger partial charge in [-0.2, -0.15) is 0 Å². The topological polar surface area (TPSA) is 103 Å². The van der Waals surface area contributed by atoms with E-state index in [2.05, 4.69) is 21.6 Å². The van der Waals surface area contributed by atoms with Crippen molar-refractivity contribution in [2.24, 2.45) is 0 Å². The van der Waals surface area contributed by atoms with Crippen LogP contribution in [0, 0.1) is 22.9 Å². The average molecular weight is 582 g/mol. The zero-order chi connectivity index (χ0) is 29.5. The molecule has 0 aliphatic carbocycles. The van der Waals surface area contributed by atoms with E-state index in [1.807, 2.05) is 60.0 Å². The molecule has 1 unspecified atom stereocenters. The zero-order valence-corrected chi connectivity index (χ0v) is 23.6. The standard InChI is InChI=1S/C32H28FN5O3S/c1-22-6-5-9-25(18-22)21-42-32-36-35-31(37(32)27-14-16-28(17-15-27)38(40)41)29(19-23-7-3-2-4-8-23)34-30(39)20-24-10-12-26(33)13-11-24/h2-18,29H,19-21H2,1H3,(H,34,39). The van der Waals surface area contributed by atoms with Crippen molar-refractivity contribution in [1.82, 2.24) is 20.1 Å². The van der Waals surface area contributed by atoms with Crippen molar-refractivity contribution in [3.05, 3.63) is 147 Å². The van der Waals surface area contributed by atoms with Crippen molar-refractivity contribution in [1.29, 1.82) is 0 Å². The molecular weight excluding hydrogens is 553 g/mol. The van der Waals surface area contributed by atoms with Gasteiger partial charge in [-0.05, 0) is 54.3 Å². The molecule has 1 N–H and O–H groups in total. The summed E-state index contributed by atoms with van der Waals surface area (Å²) in [6, 6.07) is 29.3. The van der Waals surface area contributed by atoms with E-state index in [-0.39, 0.29) is 23.8 Å². The first-order chi connectivity index (χ1) is 20.4. The van der Waals surface area contributed by atoms with Gasteiger partial charge in [-0.1, -0.05) is 84.1 Å². The number of rotatable bonds is 11. The van der Waals surface area contributed by atoms with Crippen molar-refractivity contribution in [2.75, 3.05) is 0 Å². The molecule has 0 radical (unpaired) electrons. The molecule has 4 aromatic carbocycles. The molecule has 0 fully saturated rings. The average Bonchev–Trinajstić information content (AvgIpc) is 3.41. The Bertz CT molecular complexity index is 1680. The number of nitro groups is 1. The normalized spacial score (nSPS) is 11.7. The summed E-state index contributed by atoms with van der Waals surface area (Å²) in [6.07, 6.45) is 0.496. The van der Waals surface area contributed by atoms with E-state index < -0.39 is 11.0 Å². The maximum atomic E-state index is 13.4. The number of aryl methyl sites for hydroxylation is 1. The number of thioether (sulfide) groups is 1. The molecule has 8 nitrogen and oxygen atoms in total. The minimum atomic E-state index is -0.573. The molecule has 42 heavy (non-hydrogen) atoms. The summed E-state index contributed by atoms with van der Waals surface area (Å²) in [5.41, 5.74) is 4.54. The summed E-state index contributed by atoms with van der Waals surface area (Å²) < 4.78 is 15.3. The summed E-state index contributed by atoms with van der Waals surface area (Å²) in [5.74, 6) is 0.502. The predicted molar refractivity (Wildman–Crippen MR) is 160 cm³/mol. The van der Waals surface area contributed by atoms with Crippen LogP contribution in [0.2, 0.25) is 0 Å². The number of hydrogen-bond acceptors (Lipinski definition) is 6. The number of amides is 1. The number of nitrogens with one attached hydrogen (secondary N) is 1. The van der Waals surface area contributed by atoms with Crippen LogP contribution in [-0.2, 0) is 23.4 Å². The molecule has 1 atom stereocenters. The Balaban J connectivity index is 1.51. The minimum absolute atomic E-state index is 0.0317. The molecule has 0 saturated carbocycles. The van der Waals surface area contributed by atoms with Gasteiger partial charge in [0, 0.05) is 23.6 Å². The highest BCUT2D eigenvalue weighted by Gasteiger charge is 2.25. The highest BCUT2D eigenvalue weighted by molar-refractivity contribution is 7.98. The van der Waals surface area contributed by atoms with Gasteiger partial charge in [-0.3, -0.25) is 19.5 Å². The largest absolute Gasteiger partial charge is 0.345 e.